The highest BCUT2D eigenvalue weighted by molar-refractivity contribution is 9.10. The van der Waals surface area contributed by atoms with Gasteiger partial charge in [-0.15, -0.1) is 0 Å². The third-order valence-corrected chi connectivity index (χ3v) is 4.89. The van der Waals surface area contributed by atoms with E-state index in [0.717, 1.165) is 41.7 Å². The van der Waals surface area contributed by atoms with Crippen LogP contribution in [0.1, 0.15) is 20.3 Å². The van der Waals surface area contributed by atoms with Crippen LogP contribution in [0.25, 0.3) is 0 Å². The summed E-state index contributed by atoms with van der Waals surface area (Å²) < 4.78 is 12.1. The third kappa shape index (κ3) is 6.79. The number of aliphatic hydroxyl groups is 1. The van der Waals surface area contributed by atoms with E-state index >= 15 is 0 Å². The first-order valence-corrected chi connectivity index (χ1v) is 9.30. The molecular formula is C18H29BrNO3+. The summed E-state index contributed by atoms with van der Waals surface area (Å²) in [5.74, 6) is 2.32. The minimum atomic E-state index is -0.397. The Bertz CT molecular complexity index is 461. The molecule has 1 heterocycles. The van der Waals surface area contributed by atoms with Gasteiger partial charge in [-0.1, -0.05) is 26.0 Å². The summed E-state index contributed by atoms with van der Waals surface area (Å²) in [5.41, 5.74) is 0. The third-order valence-electron chi connectivity index (χ3n) is 4.24. The normalized spacial score (nSPS) is 26.0. The molecule has 23 heavy (non-hydrogen) atoms. The van der Waals surface area contributed by atoms with Crippen molar-refractivity contribution in [1.82, 2.24) is 0 Å². The van der Waals surface area contributed by atoms with E-state index in [1.807, 2.05) is 24.3 Å². The van der Waals surface area contributed by atoms with Crippen molar-refractivity contribution in [2.75, 3.05) is 39.5 Å². The Morgan fingerprint density at radius 2 is 1.91 bits per heavy atom. The highest BCUT2D eigenvalue weighted by Gasteiger charge is 2.26. The van der Waals surface area contributed by atoms with E-state index in [2.05, 4.69) is 29.8 Å². The maximum Gasteiger partial charge on any atom is 0.133 e. The van der Waals surface area contributed by atoms with Crippen molar-refractivity contribution >= 4 is 15.9 Å². The highest BCUT2D eigenvalue weighted by Crippen LogP contribution is 2.23. The van der Waals surface area contributed by atoms with E-state index in [4.69, 9.17) is 9.47 Å². The monoisotopic (exact) mass is 386 g/mol. The molecule has 0 saturated carbocycles. The van der Waals surface area contributed by atoms with E-state index in [1.54, 1.807) is 0 Å². The van der Waals surface area contributed by atoms with Crippen LogP contribution < -0.4 is 9.64 Å². The lowest BCUT2D eigenvalue weighted by atomic mass is 9.92. The van der Waals surface area contributed by atoms with Gasteiger partial charge in [0, 0.05) is 11.8 Å². The molecule has 0 unspecified atom stereocenters. The Labute approximate surface area is 147 Å². The molecule has 1 fully saturated rings. The standard InChI is InChI=1S/C18H28BrNO3/c1-14-9-15(2)11-20(10-14)12-16(21)13-22-7-8-23-18-6-4-3-5-17(18)19/h3-6,14-16,21H,7-13H2,1-2H3/p+1/t14-,15-,16-/m0/s1. The van der Waals surface area contributed by atoms with Crippen molar-refractivity contribution in [3.05, 3.63) is 28.7 Å². The van der Waals surface area contributed by atoms with Gasteiger partial charge in [0.1, 0.15) is 25.0 Å². The average Bonchev–Trinajstić information content (AvgIpc) is 2.47. The van der Waals surface area contributed by atoms with Crippen LogP contribution in [-0.2, 0) is 4.74 Å². The molecular weight excluding hydrogens is 358 g/mol. The van der Waals surface area contributed by atoms with Crippen LogP contribution in [-0.4, -0.2) is 50.7 Å². The Kier molecular flexibility index (Phi) is 7.83. The first-order chi connectivity index (χ1) is 11.0. The van der Waals surface area contributed by atoms with Gasteiger partial charge in [-0.25, -0.2) is 0 Å². The predicted molar refractivity (Wildman–Crippen MR) is 95.0 cm³/mol. The summed E-state index contributed by atoms with van der Waals surface area (Å²) in [6.45, 7) is 9.06. The zero-order valence-electron chi connectivity index (χ0n) is 14.1. The molecule has 1 aliphatic rings. The van der Waals surface area contributed by atoms with Gasteiger partial charge in [0.05, 0.1) is 30.8 Å². The fourth-order valence-electron chi connectivity index (χ4n) is 3.47. The summed E-state index contributed by atoms with van der Waals surface area (Å²) in [6, 6.07) is 7.76. The Balaban J connectivity index is 1.58. The highest BCUT2D eigenvalue weighted by atomic mass is 79.9. The van der Waals surface area contributed by atoms with Gasteiger partial charge in [0.25, 0.3) is 0 Å². The number of piperidine rings is 1. The molecule has 0 radical (unpaired) electrons. The molecule has 3 atom stereocenters. The maximum atomic E-state index is 10.1. The van der Waals surface area contributed by atoms with Crippen LogP contribution >= 0.6 is 15.9 Å². The van der Waals surface area contributed by atoms with Crippen molar-refractivity contribution in [1.29, 1.82) is 0 Å². The first-order valence-electron chi connectivity index (χ1n) is 8.51. The number of halogens is 1. The van der Waals surface area contributed by atoms with Gasteiger partial charge in [-0.05, 0) is 34.5 Å². The van der Waals surface area contributed by atoms with Crippen LogP contribution in [0.15, 0.2) is 28.7 Å². The molecule has 0 aliphatic carbocycles. The van der Waals surface area contributed by atoms with Crippen LogP contribution in [0.3, 0.4) is 0 Å². The van der Waals surface area contributed by atoms with Gasteiger partial charge in [-0.3, -0.25) is 0 Å². The first kappa shape index (κ1) is 18.7. The van der Waals surface area contributed by atoms with Crippen molar-refractivity contribution in [3.8, 4) is 5.75 Å². The van der Waals surface area contributed by atoms with Crippen molar-refractivity contribution in [2.45, 2.75) is 26.4 Å². The van der Waals surface area contributed by atoms with E-state index in [1.165, 1.54) is 11.3 Å². The fraction of sp³-hybridized carbons (Fsp3) is 0.667. The van der Waals surface area contributed by atoms with Crippen molar-refractivity contribution in [3.63, 3.8) is 0 Å². The Morgan fingerprint density at radius 3 is 2.61 bits per heavy atom. The molecule has 0 amide bonds. The number of nitrogens with one attached hydrogen (secondary N) is 1. The predicted octanol–water partition coefficient (Wildman–Crippen LogP) is 1.77. The number of hydrogen-bond acceptors (Lipinski definition) is 3. The van der Waals surface area contributed by atoms with Crippen LogP contribution in [0.5, 0.6) is 5.75 Å². The molecule has 4 nitrogen and oxygen atoms in total. The number of para-hydroxylation sites is 1. The summed E-state index contributed by atoms with van der Waals surface area (Å²) in [5, 5.41) is 10.1. The Hall–Kier alpha value is -0.620. The molecule has 1 aromatic rings. The van der Waals surface area contributed by atoms with Crippen LogP contribution in [0.2, 0.25) is 0 Å². The van der Waals surface area contributed by atoms with Gasteiger partial charge >= 0.3 is 0 Å². The second-order valence-corrected chi connectivity index (χ2v) is 7.67. The lowest BCUT2D eigenvalue weighted by Gasteiger charge is -2.33. The van der Waals surface area contributed by atoms with Gasteiger partial charge in [0.2, 0.25) is 0 Å². The van der Waals surface area contributed by atoms with Gasteiger partial charge in [-0.2, -0.15) is 0 Å². The molecule has 0 bridgehead atoms. The van der Waals surface area contributed by atoms with Crippen LogP contribution in [0.4, 0.5) is 0 Å². The minimum absolute atomic E-state index is 0.381. The summed E-state index contributed by atoms with van der Waals surface area (Å²) >= 11 is 3.44. The number of benzene rings is 1. The smallest absolute Gasteiger partial charge is 0.133 e. The molecule has 5 heteroatoms. The molecule has 1 aliphatic heterocycles. The molecule has 2 rings (SSSR count). The SMILES string of the molecule is C[C@H]1C[C@H](C)C[NH+](C[C@H](O)COCCOc2ccccc2Br)C1. The number of quaternary nitrogens is 1. The molecule has 1 saturated heterocycles. The summed E-state index contributed by atoms with van der Waals surface area (Å²) in [7, 11) is 0. The van der Waals surface area contributed by atoms with E-state index < -0.39 is 6.10 Å². The maximum absolute atomic E-state index is 10.1. The van der Waals surface area contributed by atoms with E-state index in [-0.39, 0.29) is 0 Å². The quantitative estimate of drug-likeness (QED) is 0.669. The molecule has 0 spiro atoms. The van der Waals surface area contributed by atoms with Gasteiger partial charge < -0.3 is 19.5 Å². The largest absolute Gasteiger partial charge is 0.490 e. The molecule has 0 aromatic heterocycles. The lowest BCUT2D eigenvalue weighted by molar-refractivity contribution is -0.915. The minimum Gasteiger partial charge on any atom is -0.490 e. The fourth-order valence-corrected chi connectivity index (χ4v) is 3.87. The number of hydrogen-bond donors (Lipinski definition) is 2. The summed E-state index contributed by atoms with van der Waals surface area (Å²) in [6.07, 6.45) is 0.911. The topological polar surface area (TPSA) is 43.1 Å². The van der Waals surface area contributed by atoms with Crippen molar-refractivity contribution in [2.24, 2.45) is 11.8 Å². The second kappa shape index (κ2) is 9.62. The van der Waals surface area contributed by atoms with Gasteiger partial charge in [0.15, 0.2) is 0 Å². The molecule has 2 N–H and O–H groups in total. The van der Waals surface area contributed by atoms with E-state index in [0.29, 0.717) is 19.8 Å². The van der Waals surface area contributed by atoms with E-state index in [9.17, 15) is 5.11 Å². The number of rotatable bonds is 8. The lowest BCUT2D eigenvalue weighted by Crippen LogP contribution is -3.15. The average molecular weight is 387 g/mol. The number of ether oxygens (including phenoxy) is 2. The molecule has 130 valence electrons. The number of aliphatic hydroxyl groups excluding tert-OH is 1. The second-order valence-electron chi connectivity index (χ2n) is 6.82. The summed E-state index contributed by atoms with van der Waals surface area (Å²) in [4.78, 5) is 1.50. The van der Waals surface area contributed by atoms with Crippen LogP contribution in [0, 0.1) is 11.8 Å². The van der Waals surface area contributed by atoms with Crippen molar-refractivity contribution < 1.29 is 19.5 Å². The zero-order valence-corrected chi connectivity index (χ0v) is 15.7. The Morgan fingerprint density at radius 1 is 1.22 bits per heavy atom. The number of likely N-dealkylation sites (tertiary alicyclic amines) is 1. The zero-order chi connectivity index (χ0) is 16.7. The molecule has 1 aromatic carbocycles.